The normalized spacial score (nSPS) is 10.7. The highest BCUT2D eigenvalue weighted by Crippen LogP contribution is 2.13. The van der Waals surface area contributed by atoms with Gasteiger partial charge in [-0.25, -0.2) is 8.78 Å². The van der Waals surface area contributed by atoms with Gasteiger partial charge in [0.05, 0.1) is 6.61 Å². The van der Waals surface area contributed by atoms with Crippen molar-refractivity contribution in [3.63, 3.8) is 0 Å². The molecule has 0 radical (unpaired) electrons. The third-order valence-electron chi connectivity index (χ3n) is 3.89. The highest BCUT2D eigenvalue weighted by Gasteiger charge is 2.12. The molecule has 0 fully saturated rings. The Kier molecular flexibility index (Phi) is 5.85. The number of halogens is 2. The maximum absolute atomic E-state index is 13.8. The lowest BCUT2D eigenvalue weighted by molar-refractivity contribution is -0.143. The summed E-state index contributed by atoms with van der Waals surface area (Å²) in [5.74, 6) is -2.31. The molecule has 6 heteroatoms. The molecule has 132 valence electrons. The van der Waals surface area contributed by atoms with Crippen LogP contribution >= 0.6 is 0 Å². The summed E-state index contributed by atoms with van der Waals surface area (Å²) in [5.41, 5.74) is 0.360. The first kappa shape index (κ1) is 18.6. The standard InChI is InChI=1S/C19H19F2NO3/c1-4-25-18(24)11-22-13(3)12(2)17(23)10-15(22)9-8-14-6-5-7-16(20)19(14)21/h5-7,10H,2-4,8-9,11H2,1H3. The molecule has 2 aromatic rings. The van der Waals surface area contributed by atoms with Crippen molar-refractivity contribution in [1.29, 1.82) is 0 Å². The molecule has 0 unspecified atom stereocenters. The van der Waals surface area contributed by atoms with Gasteiger partial charge in [0.1, 0.15) is 6.54 Å². The van der Waals surface area contributed by atoms with Gasteiger partial charge in [0.2, 0.25) is 0 Å². The monoisotopic (exact) mass is 347 g/mol. The number of hydrogen-bond donors (Lipinski definition) is 0. The average Bonchev–Trinajstić information content (AvgIpc) is 2.57. The predicted octanol–water partition coefficient (Wildman–Crippen LogP) is 1.30. The van der Waals surface area contributed by atoms with Crippen LogP contribution in [0.1, 0.15) is 18.2 Å². The van der Waals surface area contributed by atoms with Gasteiger partial charge >= 0.3 is 5.97 Å². The summed E-state index contributed by atoms with van der Waals surface area (Å²) in [6, 6.07) is 5.28. The topological polar surface area (TPSA) is 48.3 Å². The highest BCUT2D eigenvalue weighted by atomic mass is 19.2. The van der Waals surface area contributed by atoms with Crippen molar-refractivity contribution >= 4 is 19.1 Å². The van der Waals surface area contributed by atoms with Crippen LogP contribution in [0.15, 0.2) is 29.1 Å². The lowest BCUT2D eigenvalue weighted by atomic mass is 10.1. The van der Waals surface area contributed by atoms with Crippen LogP contribution in [0, 0.1) is 11.6 Å². The van der Waals surface area contributed by atoms with Crippen molar-refractivity contribution in [2.75, 3.05) is 6.61 Å². The number of ether oxygens (including phenoxy) is 1. The van der Waals surface area contributed by atoms with Crippen LogP contribution in [0.3, 0.4) is 0 Å². The largest absolute Gasteiger partial charge is 0.465 e. The number of carbonyl (C=O) groups is 1. The average molecular weight is 347 g/mol. The molecule has 0 atom stereocenters. The second-order valence-corrected chi connectivity index (χ2v) is 5.53. The maximum Gasteiger partial charge on any atom is 0.325 e. The lowest BCUT2D eigenvalue weighted by Crippen LogP contribution is -2.45. The van der Waals surface area contributed by atoms with Gasteiger partial charge in [-0.15, -0.1) is 0 Å². The molecule has 4 nitrogen and oxygen atoms in total. The van der Waals surface area contributed by atoms with E-state index in [9.17, 15) is 18.4 Å². The fourth-order valence-electron chi connectivity index (χ4n) is 2.54. The third-order valence-corrected chi connectivity index (χ3v) is 3.89. The molecule has 1 aromatic carbocycles. The number of esters is 1. The number of nitrogens with zero attached hydrogens (tertiary/aromatic N) is 1. The molecule has 1 heterocycles. The molecular weight excluding hydrogens is 328 g/mol. The molecule has 1 aromatic heterocycles. The van der Waals surface area contributed by atoms with Gasteiger partial charge < -0.3 is 9.30 Å². The van der Waals surface area contributed by atoms with E-state index in [1.807, 2.05) is 0 Å². The Morgan fingerprint density at radius 1 is 1.24 bits per heavy atom. The minimum Gasteiger partial charge on any atom is -0.465 e. The summed E-state index contributed by atoms with van der Waals surface area (Å²) in [7, 11) is 0. The van der Waals surface area contributed by atoms with E-state index < -0.39 is 17.6 Å². The first-order valence-electron chi connectivity index (χ1n) is 7.84. The van der Waals surface area contributed by atoms with Crippen LogP contribution in [0.5, 0.6) is 0 Å². The van der Waals surface area contributed by atoms with Crippen LogP contribution in [0.4, 0.5) is 8.78 Å². The summed E-state index contributed by atoms with van der Waals surface area (Å²) in [5, 5.41) is 0.486. The fourth-order valence-corrected chi connectivity index (χ4v) is 2.54. The van der Waals surface area contributed by atoms with Crippen molar-refractivity contribution in [2.24, 2.45) is 0 Å². The van der Waals surface area contributed by atoms with Crippen molar-refractivity contribution in [3.8, 4) is 0 Å². The van der Waals surface area contributed by atoms with Crippen LogP contribution in [-0.4, -0.2) is 17.1 Å². The number of aryl methyl sites for hydroxylation is 2. The molecular formula is C19H19F2NO3. The Morgan fingerprint density at radius 3 is 2.64 bits per heavy atom. The molecule has 0 N–H and O–H groups in total. The zero-order chi connectivity index (χ0) is 18.6. The predicted molar refractivity (Wildman–Crippen MR) is 91.4 cm³/mol. The summed E-state index contributed by atoms with van der Waals surface area (Å²) in [6.45, 7) is 9.25. The van der Waals surface area contributed by atoms with E-state index in [2.05, 4.69) is 13.2 Å². The number of rotatable bonds is 6. The van der Waals surface area contributed by atoms with Crippen LogP contribution < -0.4 is 16.0 Å². The molecule has 2 rings (SSSR count). The number of carbonyl (C=O) groups excluding carboxylic acids is 1. The zero-order valence-electron chi connectivity index (χ0n) is 14.0. The van der Waals surface area contributed by atoms with Crippen molar-refractivity contribution in [3.05, 3.63) is 67.9 Å². The van der Waals surface area contributed by atoms with E-state index in [-0.39, 0.29) is 42.2 Å². The lowest BCUT2D eigenvalue weighted by Gasteiger charge is -2.14. The van der Waals surface area contributed by atoms with Gasteiger partial charge in [-0.1, -0.05) is 25.3 Å². The second kappa shape index (κ2) is 7.88. The zero-order valence-corrected chi connectivity index (χ0v) is 14.0. The van der Waals surface area contributed by atoms with Gasteiger partial charge in [-0.3, -0.25) is 9.59 Å². The Hall–Kier alpha value is -2.76. The molecule has 25 heavy (non-hydrogen) atoms. The van der Waals surface area contributed by atoms with E-state index in [0.717, 1.165) is 6.07 Å². The van der Waals surface area contributed by atoms with Gasteiger partial charge in [-0.2, -0.15) is 0 Å². The molecule has 0 bridgehead atoms. The van der Waals surface area contributed by atoms with E-state index in [1.165, 1.54) is 22.8 Å². The van der Waals surface area contributed by atoms with Crippen molar-refractivity contribution < 1.29 is 18.3 Å². The summed E-state index contributed by atoms with van der Waals surface area (Å²) in [4.78, 5) is 23.8. The second-order valence-electron chi connectivity index (χ2n) is 5.53. The Labute approximate surface area is 143 Å². The van der Waals surface area contributed by atoms with Gasteiger partial charge in [0, 0.05) is 22.3 Å². The minimum atomic E-state index is -0.924. The van der Waals surface area contributed by atoms with E-state index in [1.54, 1.807) is 6.92 Å². The molecule has 0 saturated heterocycles. The first-order valence-corrected chi connectivity index (χ1v) is 7.84. The smallest absolute Gasteiger partial charge is 0.325 e. The Bertz CT molecular complexity index is 950. The molecule has 0 spiro atoms. The highest BCUT2D eigenvalue weighted by molar-refractivity contribution is 5.69. The number of aromatic nitrogens is 1. The first-order chi connectivity index (χ1) is 11.8. The molecule has 0 aliphatic heterocycles. The van der Waals surface area contributed by atoms with Gasteiger partial charge in [-0.05, 0) is 31.4 Å². The minimum absolute atomic E-state index is 0.129. The van der Waals surface area contributed by atoms with E-state index in [4.69, 9.17) is 4.74 Å². The van der Waals surface area contributed by atoms with Gasteiger partial charge in [0.25, 0.3) is 0 Å². The fraction of sp³-hybridized carbons (Fsp3) is 0.263. The molecule has 0 aliphatic carbocycles. The van der Waals surface area contributed by atoms with Crippen LogP contribution in [0.2, 0.25) is 0 Å². The van der Waals surface area contributed by atoms with Crippen molar-refractivity contribution in [2.45, 2.75) is 26.3 Å². The summed E-state index contributed by atoms with van der Waals surface area (Å²) >= 11 is 0. The van der Waals surface area contributed by atoms with Gasteiger partial charge in [0.15, 0.2) is 17.1 Å². The summed E-state index contributed by atoms with van der Waals surface area (Å²) in [6.07, 6.45) is 0.402. The SMILES string of the molecule is C=c1c(=O)cc(CCc2cccc(F)c2F)n(CC(=O)OCC)c1=C. The Morgan fingerprint density at radius 2 is 1.96 bits per heavy atom. The number of hydrogen-bond acceptors (Lipinski definition) is 3. The summed E-state index contributed by atoms with van der Waals surface area (Å²) < 4.78 is 33.6. The molecule has 0 saturated carbocycles. The Balaban J connectivity index is 2.37. The van der Waals surface area contributed by atoms with Crippen LogP contribution in [-0.2, 0) is 28.9 Å². The third kappa shape index (κ3) is 4.21. The van der Waals surface area contributed by atoms with E-state index >= 15 is 0 Å². The number of benzene rings is 1. The maximum atomic E-state index is 13.8. The van der Waals surface area contributed by atoms with E-state index in [0.29, 0.717) is 11.0 Å². The molecule has 0 aliphatic rings. The number of pyridine rings is 1. The molecule has 0 amide bonds. The quantitative estimate of drug-likeness (QED) is 0.740. The van der Waals surface area contributed by atoms with Crippen LogP contribution in [0.25, 0.3) is 13.2 Å². The van der Waals surface area contributed by atoms with Crippen molar-refractivity contribution in [1.82, 2.24) is 4.57 Å².